The van der Waals surface area contributed by atoms with Crippen LogP contribution >= 0.6 is 0 Å². The van der Waals surface area contributed by atoms with Gasteiger partial charge in [0, 0.05) is 12.5 Å². The van der Waals surface area contributed by atoms with Gasteiger partial charge in [-0.3, -0.25) is 4.79 Å². The predicted molar refractivity (Wildman–Crippen MR) is 71.8 cm³/mol. The predicted octanol–water partition coefficient (Wildman–Crippen LogP) is 2.57. The van der Waals surface area contributed by atoms with Crippen LogP contribution in [0.4, 0.5) is 0 Å². The minimum atomic E-state index is -0.0648. The van der Waals surface area contributed by atoms with Crippen LogP contribution in [0.3, 0.4) is 0 Å². The van der Waals surface area contributed by atoms with Gasteiger partial charge in [-0.15, -0.1) is 0 Å². The first-order chi connectivity index (χ1) is 8.04. The van der Waals surface area contributed by atoms with Crippen LogP contribution in [0.2, 0.25) is 0 Å². The second-order valence-corrected chi connectivity index (χ2v) is 4.52. The fourth-order valence-corrected chi connectivity index (χ4v) is 1.68. The Morgan fingerprint density at radius 1 is 1.47 bits per heavy atom. The summed E-state index contributed by atoms with van der Waals surface area (Å²) in [5.74, 6) is 0.264. The molecule has 0 aromatic heterocycles. The highest BCUT2D eigenvalue weighted by Crippen LogP contribution is 2.18. The summed E-state index contributed by atoms with van der Waals surface area (Å²) in [6.07, 6.45) is 7.14. The van der Waals surface area contributed by atoms with Crippen molar-refractivity contribution in [3.8, 4) is 0 Å². The molecule has 1 rings (SSSR count). The lowest BCUT2D eigenvalue weighted by atomic mass is 9.92. The highest BCUT2D eigenvalue weighted by Gasteiger charge is 2.15. The molecule has 0 unspecified atom stereocenters. The van der Waals surface area contributed by atoms with E-state index in [4.69, 9.17) is 10.8 Å². The van der Waals surface area contributed by atoms with Crippen LogP contribution in [0.1, 0.15) is 59.3 Å². The van der Waals surface area contributed by atoms with E-state index in [2.05, 4.69) is 0 Å². The molecule has 1 atom stereocenters. The highest BCUT2D eigenvalue weighted by atomic mass is 16.3. The second-order valence-electron chi connectivity index (χ2n) is 4.52. The lowest BCUT2D eigenvalue weighted by Crippen LogP contribution is -2.24. The molecule has 0 fully saturated rings. The second kappa shape index (κ2) is 9.37. The van der Waals surface area contributed by atoms with E-state index in [1.807, 2.05) is 26.8 Å². The Labute approximate surface area is 105 Å². The van der Waals surface area contributed by atoms with Gasteiger partial charge >= 0.3 is 0 Å². The lowest BCUT2D eigenvalue weighted by molar-refractivity contribution is -0.115. The van der Waals surface area contributed by atoms with Gasteiger partial charge in [0.1, 0.15) is 0 Å². The van der Waals surface area contributed by atoms with Crippen molar-refractivity contribution in [1.29, 1.82) is 0 Å². The average molecular weight is 241 g/mol. The van der Waals surface area contributed by atoms with Crippen LogP contribution in [0.25, 0.3) is 0 Å². The van der Waals surface area contributed by atoms with Crippen LogP contribution in [0, 0.1) is 0 Å². The number of rotatable bonds is 4. The van der Waals surface area contributed by atoms with Gasteiger partial charge in [-0.05, 0) is 37.7 Å². The van der Waals surface area contributed by atoms with Crippen molar-refractivity contribution in [2.24, 2.45) is 5.73 Å². The van der Waals surface area contributed by atoms with Crippen molar-refractivity contribution in [1.82, 2.24) is 0 Å². The Hall–Kier alpha value is -0.670. The maximum absolute atomic E-state index is 11.2. The Morgan fingerprint density at radius 2 is 2.06 bits per heavy atom. The molecule has 3 heteroatoms. The lowest BCUT2D eigenvalue weighted by Gasteiger charge is -2.17. The van der Waals surface area contributed by atoms with E-state index in [1.165, 1.54) is 0 Å². The number of nitrogens with two attached hydrogens (primary N) is 1. The van der Waals surface area contributed by atoms with E-state index in [-0.39, 0.29) is 17.9 Å². The highest BCUT2D eigenvalue weighted by molar-refractivity contribution is 5.95. The number of hydrogen-bond acceptors (Lipinski definition) is 3. The van der Waals surface area contributed by atoms with Crippen molar-refractivity contribution < 1.29 is 9.90 Å². The SMILES string of the molecule is CCC(=O)C1=CCC[C@H](N)C1.CCC(O)CC. The average Bonchev–Trinajstić information content (AvgIpc) is 2.37. The smallest absolute Gasteiger partial charge is 0.158 e. The molecular formula is C14H27NO2. The molecule has 0 saturated carbocycles. The molecule has 100 valence electrons. The summed E-state index contributed by atoms with van der Waals surface area (Å²) in [7, 11) is 0. The fourth-order valence-electron chi connectivity index (χ4n) is 1.68. The number of allylic oxidation sites excluding steroid dienone is 1. The van der Waals surface area contributed by atoms with Crippen LogP contribution in [-0.4, -0.2) is 23.0 Å². The number of aliphatic hydroxyl groups excluding tert-OH is 1. The first-order valence-electron chi connectivity index (χ1n) is 6.70. The minimum absolute atomic E-state index is 0.0648. The molecule has 0 aromatic carbocycles. The topological polar surface area (TPSA) is 63.3 Å². The summed E-state index contributed by atoms with van der Waals surface area (Å²) in [4.78, 5) is 11.2. The van der Waals surface area contributed by atoms with Gasteiger partial charge in [0.25, 0.3) is 0 Å². The minimum Gasteiger partial charge on any atom is -0.393 e. The van der Waals surface area contributed by atoms with Crippen molar-refractivity contribution in [3.05, 3.63) is 11.6 Å². The van der Waals surface area contributed by atoms with Gasteiger partial charge in [0.2, 0.25) is 0 Å². The van der Waals surface area contributed by atoms with Gasteiger partial charge < -0.3 is 10.8 Å². The Kier molecular flexibility index (Phi) is 9.00. The van der Waals surface area contributed by atoms with E-state index in [0.717, 1.165) is 37.7 Å². The molecule has 1 aliphatic carbocycles. The molecule has 0 heterocycles. The first kappa shape index (κ1) is 16.3. The Balaban J connectivity index is 0.000000366. The molecular weight excluding hydrogens is 214 g/mol. The van der Waals surface area contributed by atoms with Crippen LogP contribution < -0.4 is 5.73 Å². The third-order valence-electron chi connectivity index (χ3n) is 3.03. The zero-order valence-corrected chi connectivity index (χ0v) is 11.4. The van der Waals surface area contributed by atoms with Gasteiger partial charge in [-0.25, -0.2) is 0 Å². The molecule has 0 amide bonds. The van der Waals surface area contributed by atoms with Crippen LogP contribution in [0.15, 0.2) is 11.6 Å². The number of ketones is 1. The number of aliphatic hydroxyl groups is 1. The maximum atomic E-state index is 11.2. The Morgan fingerprint density at radius 3 is 2.41 bits per heavy atom. The quantitative estimate of drug-likeness (QED) is 0.795. The molecule has 3 N–H and O–H groups in total. The number of Topliss-reactive ketones (excluding diaryl/α,β-unsaturated/α-hetero) is 1. The molecule has 0 saturated heterocycles. The first-order valence-corrected chi connectivity index (χ1v) is 6.70. The Bertz CT molecular complexity index is 245. The van der Waals surface area contributed by atoms with E-state index in [1.54, 1.807) is 0 Å². The van der Waals surface area contributed by atoms with Crippen molar-refractivity contribution >= 4 is 5.78 Å². The van der Waals surface area contributed by atoms with E-state index in [9.17, 15) is 4.79 Å². The van der Waals surface area contributed by atoms with Gasteiger partial charge in [-0.1, -0.05) is 26.8 Å². The van der Waals surface area contributed by atoms with Crippen molar-refractivity contribution in [2.75, 3.05) is 0 Å². The van der Waals surface area contributed by atoms with Gasteiger partial charge in [0.05, 0.1) is 6.10 Å². The summed E-state index contributed by atoms with van der Waals surface area (Å²) in [5, 5.41) is 8.67. The third kappa shape index (κ3) is 7.29. The molecule has 0 aromatic rings. The van der Waals surface area contributed by atoms with Crippen LogP contribution in [-0.2, 0) is 4.79 Å². The largest absolute Gasteiger partial charge is 0.393 e. The normalized spacial score (nSPS) is 19.4. The van der Waals surface area contributed by atoms with Crippen LogP contribution in [0.5, 0.6) is 0 Å². The number of carbonyl (C=O) groups excluding carboxylic acids is 1. The standard InChI is InChI=1S/C9H15NO.C5H12O/c1-2-9(11)7-4-3-5-8(10)6-7;1-3-5(6)4-2/h4,8H,2-3,5-6,10H2,1H3;5-6H,3-4H2,1-2H3/t8-;/m0./s1. The van der Waals surface area contributed by atoms with Crippen molar-refractivity contribution in [3.63, 3.8) is 0 Å². The van der Waals surface area contributed by atoms with Gasteiger partial charge in [0.15, 0.2) is 5.78 Å². The molecule has 1 aliphatic rings. The maximum Gasteiger partial charge on any atom is 0.158 e. The van der Waals surface area contributed by atoms with Gasteiger partial charge in [-0.2, -0.15) is 0 Å². The number of hydrogen-bond donors (Lipinski definition) is 2. The van der Waals surface area contributed by atoms with E-state index in [0.29, 0.717) is 6.42 Å². The molecule has 17 heavy (non-hydrogen) atoms. The van der Waals surface area contributed by atoms with E-state index >= 15 is 0 Å². The molecule has 0 spiro atoms. The fraction of sp³-hybridized carbons (Fsp3) is 0.786. The number of carbonyl (C=O) groups is 1. The zero-order valence-electron chi connectivity index (χ0n) is 11.4. The molecule has 0 radical (unpaired) electrons. The molecule has 0 bridgehead atoms. The summed E-state index contributed by atoms with van der Waals surface area (Å²) < 4.78 is 0. The van der Waals surface area contributed by atoms with Crippen molar-refractivity contribution in [2.45, 2.75) is 71.4 Å². The summed E-state index contributed by atoms with van der Waals surface area (Å²) in [6.45, 7) is 5.85. The molecule has 0 aliphatic heterocycles. The van der Waals surface area contributed by atoms with E-state index < -0.39 is 0 Å². The summed E-state index contributed by atoms with van der Waals surface area (Å²) in [6, 6.07) is 0.213. The summed E-state index contributed by atoms with van der Waals surface area (Å²) >= 11 is 0. The zero-order chi connectivity index (χ0) is 13.3. The molecule has 3 nitrogen and oxygen atoms in total. The summed E-state index contributed by atoms with van der Waals surface area (Å²) in [5.41, 5.74) is 6.67. The monoisotopic (exact) mass is 241 g/mol. The third-order valence-corrected chi connectivity index (χ3v) is 3.03.